The van der Waals surface area contributed by atoms with Crippen molar-refractivity contribution in [3.63, 3.8) is 0 Å². The number of β-amino-alcohol motifs (C(OH)–C–C–N with tert-alkyl or cyclic N) is 1. The van der Waals surface area contributed by atoms with Crippen LogP contribution >= 0.6 is 0 Å². The van der Waals surface area contributed by atoms with E-state index in [0.29, 0.717) is 18.3 Å². The van der Waals surface area contributed by atoms with Crippen molar-refractivity contribution in [3.05, 3.63) is 11.9 Å². The lowest BCUT2D eigenvalue weighted by molar-refractivity contribution is 0.198. The molecule has 1 saturated heterocycles. The molecule has 0 radical (unpaired) electrons. The Labute approximate surface area is 94.3 Å². The molecule has 1 aromatic rings. The molecule has 1 atom stereocenters. The van der Waals surface area contributed by atoms with Crippen LogP contribution in [0.3, 0.4) is 0 Å². The highest BCUT2D eigenvalue weighted by molar-refractivity contribution is 5.48. The number of aliphatic hydroxyl groups is 1. The maximum Gasteiger partial charge on any atom is 0.136 e. The minimum Gasteiger partial charge on any atom is -0.391 e. The molecule has 3 rings (SSSR count). The normalized spacial score (nSPS) is 25.1. The third-order valence-corrected chi connectivity index (χ3v) is 3.18. The molecule has 16 heavy (non-hydrogen) atoms. The summed E-state index contributed by atoms with van der Waals surface area (Å²) in [5, 5.41) is 9.50. The fourth-order valence-corrected chi connectivity index (χ4v) is 2.11. The van der Waals surface area contributed by atoms with E-state index in [1.807, 2.05) is 0 Å². The van der Waals surface area contributed by atoms with Gasteiger partial charge in [-0.3, -0.25) is 0 Å². The molecule has 0 spiro atoms. The average molecular weight is 220 g/mol. The summed E-state index contributed by atoms with van der Waals surface area (Å²) in [4.78, 5) is 10.9. The molecule has 86 valence electrons. The van der Waals surface area contributed by atoms with E-state index in [1.165, 1.54) is 12.8 Å². The summed E-state index contributed by atoms with van der Waals surface area (Å²) in [7, 11) is 0. The van der Waals surface area contributed by atoms with Crippen LogP contribution in [0.2, 0.25) is 0 Å². The highest BCUT2D eigenvalue weighted by Crippen LogP contribution is 2.39. The topological polar surface area (TPSA) is 75.3 Å². The van der Waals surface area contributed by atoms with Crippen LogP contribution in [0.4, 0.5) is 11.6 Å². The Kier molecular flexibility index (Phi) is 2.21. The fourth-order valence-electron chi connectivity index (χ4n) is 2.11. The van der Waals surface area contributed by atoms with Gasteiger partial charge in [-0.05, 0) is 19.3 Å². The first kappa shape index (κ1) is 9.84. The monoisotopic (exact) mass is 220 g/mol. The minimum absolute atomic E-state index is 0.236. The van der Waals surface area contributed by atoms with E-state index in [-0.39, 0.29) is 6.10 Å². The lowest BCUT2D eigenvalue weighted by Gasteiger charge is -2.17. The van der Waals surface area contributed by atoms with Gasteiger partial charge in [0.05, 0.1) is 6.10 Å². The van der Waals surface area contributed by atoms with Gasteiger partial charge >= 0.3 is 0 Å². The molecule has 1 aromatic heterocycles. The molecule has 3 N–H and O–H groups in total. The van der Waals surface area contributed by atoms with Gasteiger partial charge < -0.3 is 15.7 Å². The zero-order valence-electron chi connectivity index (χ0n) is 9.13. The number of nitrogen functional groups attached to an aromatic ring is 1. The van der Waals surface area contributed by atoms with Gasteiger partial charge in [0.25, 0.3) is 0 Å². The molecule has 1 unspecified atom stereocenters. The summed E-state index contributed by atoms with van der Waals surface area (Å²) in [6.07, 6.45) is 2.92. The lowest BCUT2D eigenvalue weighted by atomic mass is 10.3. The number of hydrogen-bond donors (Lipinski definition) is 2. The van der Waals surface area contributed by atoms with Crippen LogP contribution in [0.5, 0.6) is 0 Å². The zero-order valence-corrected chi connectivity index (χ0v) is 9.13. The van der Waals surface area contributed by atoms with Gasteiger partial charge in [0.1, 0.15) is 17.5 Å². The standard InChI is InChI=1S/C11H16N4O/c12-9-5-10(15-4-3-8(16)6-15)14-11(13-9)7-1-2-7/h5,7-8,16H,1-4,6H2,(H2,12,13,14). The van der Waals surface area contributed by atoms with E-state index in [4.69, 9.17) is 5.73 Å². The van der Waals surface area contributed by atoms with Crippen LogP contribution < -0.4 is 10.6 Å². The molecule has 2 fully saturated rings. The second-order valence-electron chi connectivity index (χ2n) is 4.67. The SMILES string of the molecule is Nc1cc(N2CCC(O)C2)nc(C2CC2)n1. The first-order valence-corrected chi connectivity index (χ1v) is 5.80. The average Bonchev–Trinajstić information content (AvgIpc) is 3.01. The number of hydrogen-bond acceptors (Lipinski definition) is 5. The van der Waals surface area contributed by atoms with Crippen molar-refractivity contribution in [2.75, 3.05) is 23.7 Å². The zero-order chi connectivity index (χ0) is 11.1. The summed E-state index contributed by atoms with van der Waals surface area (Å²) in [6.45, 7) is 1.50. The Bertz CT molecular complexity index is 405. The lowest BCUT2D eigenvalue weighted by Crippen LogP contribution is -2.23. The van der Waals surface area contributed by atoms with Crippen LogP contribution in [0.1, 0.15) is 31.0 Å². The Balaban J connectivity index is 1.88. The summed E-state index contributed by atoms with van der Waals surface area (Å²) in [5.41, 5.74) is 5.79. The Hall–Kier alpha value is -1.36. The van der Waals surface area contributed by atoms with E-state index in [0.717, 1.165) is 24.6 Å². The van der Waals surface area contributed by atoms with Crippen LogP contribution in [0.25, 0.3) is 0 Å². The Morgan fingerprint density at radius 3 is 2.75 bits per heavy atom. The second-order valence-corrected chi connectivity index (χ2v) is 4.67. The molecule has 2 aliphatic rings. The predicted octanol–water partition coefficient (Wildman–Crippen LogP) is 0.507. The van der Waals surface area contributed by atoms with Crippen LogP contribution in [0, 0.1) is 0 Å². The Morgan fingerprint density at radius 2 is 2.12 bits per heavy atom. The van der Waals surface area contributed by atoms with E-state index in [2.05, 4.69) is 14.9 Å². The van der Waals surface area contributed by atoms with Gasteiger partial charge in [0.15, 0.2) is 0 Å². The minimum atomic E-state index is -0.236. The van der Waals surface area contributed by atoms with E-state index < -0.39 is 0 Å². The van der Waals surface area contributed by atoms with Gasteiger partial charge in [-0.1, -0.05) is 0 Å². The number of nitrogens with zero attached hydrogens (tertiary/aromatic N) is 3. The molecular formula is C11H16N4O. The Morgan fingerprint density at radius 1 is 1.31 bits per heavy atom. The van der Waals surface area contributed by atoms with Crippen molar-refractivity contribution in [1.29, 1.82) is 0 Å². The third-order valence-electron chi connectivity index (χ3n) is 3.18. The smallest absolute Gasteiger partial charge is 0.136 e. The molecular weight excluding hydrogens is 204 g/mol. The van der Waals surface area contributed by atoms with Gasteiger partial charge in [0.2, 0.25) is 0 Å². The molecule has 5 nitrogen and oxygen atoms in total. The van der Waals surface area contributed by atoms with Crippen molar-refractivity contribution < 1.29 is 5.11 Å². The molecule has 2 heterocycles. The molecule has 0 aromatic carbocycles. The summed E-state index contributed by atoms with van der Waals surface area (Å²) in [5.74, 6) is 2.78. The van der Waals surface area contributed by atoms with Crippen LogP contribution in [-0.2, 0) is 0 Å². The number of aromatic nitrogens is 2. The molecule has 5 heteroatoms. The maximum absolute atomic E-state index is 9.50. The van der Waals surface area contributed by atoms with Crippen LogP contribution in [-0.4, -0.2) is 34.3 Å². The third kappa shape index (κ3) is 1.82. The predicted molar refractivity (Wildman–Crippen MR) is 61.3 cm³/mol. The van der Waals surface area contributed by atoms with Gasteiger partial charge in [-0.25, -0.2) is 9.97 Å². The summed E-state index contributed by atoms with van der Waals surface area (Å²) >= 11 is 0. The molecule has 1 aliphatic heterocycles. The number of aliphatic hydroxyl groups excluding tert-OH is 1. The van der Waals surface area contributed by atoms with Gasteiger partial charge in [-0.2, -0.15) is 0 Å². The second kappa shape index (κ2) is 3.59. The van der Waals surface area contributed by atoms with Crippen molar-refractivity contribution in [2.24, 2.45) is 0 Å². The van der Waals surface area contributed by atoms with E-state index in [9.17, 15) is 5.11 Å². The molecule has 0 amide bonds. The fraction of sp³-hybridized carbons (Fsp3) is 0.636. The largest absolute Gasteiger partial charge is 0.391 e. The molecule has 1 saturated carbocycles. The summed E-state index contributed by atoms with van der Waals surface area (Å²) in [6, 6.07) is 1.80. The highest BCUT2D eigenvalue weighted by atomic mass is 16.3. The van der Waals surface area contributed by atoms with E-state index >= 15 is 0 Å². The summed E-state index contributed by atoms with van der Waals surface area (Å²) < 4.78 is 0. The first-order chi connectivity index (χ1) is 7.72. The van der Waals surface area contributed by atoms with Crippen molar-refractivity contribution in [1.82, 2.24) is 9.97 Å². The molecule has 1 aliphatic carbocycles. The first-order valence-electron chi connectivity index (χ1n) is 5.80. The van der Waals surface area contributed by atoms with Crippen LogP contribution in [0.15, 0.2) is 6.07 Å². The van der Waals surface area contributed by atoms with Crippen molar-refractivity contribution in [3.8, 4) is 0 Å². The van der Waals surface area contributed by atoms with E-state index in [1.54, 1.807) is 6.07 Å². The number of anilines is 2. The maximum atomic E-state index is 9.50. The van der Waals surface area contributed by atoms with Crippen molar-refractivity contribution in [2.45, 2.75) is 31.3 Å². The highest BCUT2D eigenvalue weighted by Gasteiger charge is 2.29. The number of rotatable bonds is 2. The van der Waals surface area contributed by atoms with Gasteiger partial charge in [-0.15, -0.1) is 0 Å². The molecule has 0 bridgehead atoms. The quantitative estimate of drug-likeness (QED) is 0.759. The van der Waals surface area contributed by atoms with Crippen molar-refractivity contribution >= 4 is 11.6 Å². The number of nitrogens with two attached hydrogens (primary N) is 1. The van der Waals surface area contributed by atoms with Gasteiger partial charge in [0, 0.05) is 25.1 Å².